The monoisotopic (exact) mass is 325 g/mol. The molecule has 126 valence electrons. The van der Waals surface area contributed by atoms with E-state index in [0.717, 1.165) is 44.0 Å². The predicted molar refractivity (Wildman–Crippen MR) is 93.4 cm³/mol. The Labute approximate surface area is 143 Å². The Bertz CT molecular complexity index is 706. The minimum absolute atomic E-state index is 0.320. The summed E-state index contributed by atoms with van der Waals surface area (Å²) >= 11 is 0. The Morgan fingerprint density at radius 3 is 2.50 bits per heavy atom. The van der Waals surface area contributed by atoms with Crippen LogP contribution in [0, 0.1) is 13.8 Å². The normalized spacial score (nSPS) is 15.2. The smallest absolute Gasteiger partial charge is 0.343 e. The second-order valence-electron chi connectivity index (χ2n) is 6.19. The van der Waals surface area contributed by atoms with Crippen molar-refractivity contribution in [1.29, 1.82) is 0 Å². The fourth-order valence-electron chi connectivity index (χ4n) is 2.86. The van der Waals surface area contributed by atoms with Gasteiger partial charge in [-0.15, -0.1) is 0 Å². The lowest BCUT2D eigenvalue weighted by molar-refractivity contribution is 0.0341. The van der Waals surface area contributed by atoms with E-state index in [-0.39, 0.29) is 5.97 Å². The molecule has 0 spiro atoms. The number of hydrogen-bond acceptors (Lipinski definition) is 4. The topological polar surface area (TPSA) is 38.8 Å². The SMILES string of the molecule is Cc1cc(OC(=O)c2ccccc2)c(C)cc1CN1CCOCC1. The van der Waals surface area contributed by atoms with Crippen molar-refractivity contribution in [1.82, 2.24) is 4.90 Å². The fraction of sp³-hybridized carbons (Fsp3) is 0.350. The number of carbonyl (C=O) groups is 1. The van der Waals surface area contributed by atoms with Crippen LogP contribution in [-0.4, -0.2) is 37.2 Å². The van der Waals surface area contributed by atoms with Crippen LogP contribution in [0.15, 0.2) is 42.5 Å². The molecule has 1 saturated heterocycles. The number of benzene rings is 2. The van der Waals surface area contributed by atoms with Crippen LogP contribution in [0.25, 0.3) is 0 Å². The fourth-order valence-corrected chi connectivity index (χ4v) is 2.86. The average Bonchev–Trinajstić information content (AvgIpc) is 2.61. The van der Waals surface area contributed by atoms with Crippen molar-refractivity contribution in [2.75, 3.05) is 26.3 Å². The highest BCUT2D eigenvalue weighted by molar-refractivity contribution is 5.91. The summed E-state index contributed by atoms with van der Waals surface area (Å²) in [6.07, 6.45) is 0. The number of nitrogens with zero attached hydrogens (tertiary/aromatic N) is 1. The largest absolute Gasteiger partial charge is 0.423 e. The van der Waals surface area contributed by atoms with E-state index in [1.165, 1.54) is 5.56 Å². The minimum atomic E-state index is -0.320. The van der Waals surface area contributed by atoms with Crippen molar-refractivity contribution in [3.8, 4) is 5.75 Å². The third-order valence-corrected chi connectivity index (χ3v) is 4.34. The molecule has 4 nitrogen and oxygen atoms in total. The Kier molecular flexibility index (Phi) is 5.28. The quantitative estimate of drug-likeness (QED) is 0.638. The number of rotatable bonds is 4. The maximum Gasteiger partial charge on any atom is 0.343 e. The molecule has 0 aliphatic carbocycles. The van der Waals surface area contributed by atoms with Gasteiger partial charge in [-0.1, -0.05) is 24.3 Å². The molecule has 24 heavy (non-hydrogen) atoms. The lowest BCUT2D eigenvalue weighted by atomic mass is 10.0. The lowest BCUT2D eigenvalue weighted by Gasteiger charge is -2.27. The predicted octanol–water partition coefficient (Wildman–Crippen LogP) is 3.35. The van der Waals surface area contributed by atoms with Crippen molar-refractivity contribution in [2.24, 2.45) is 0 Å². The van der Waals surface area contributed by atoms with Crippen molar-refractivity contribution in [3.63, 3.8) is 0 Å². The summed E-state index contributed by atoms with van der Waals surface area (Å²) in [5, 5.41) is 0. The molecule has 2 aromatic rings. The van der Waals surface area contributed by atoms with E-state index < -0.39 is 0 Å². The Morgan fingerprint density at radius 1 is 1.08 bits per heavy atom. The molecule has 0 radical (unpaired) electrons. The van der Waals surface area contributed by atoms with Crippen LogP contribution in [0.1, 0.15) is 27.0 Å². The molecular weight excluding hydrogens is 302 g/mol. The first-order chi connectivity index (χ1) is 11.6. The molecule has 2 aromatic carbocycles. The average molecular weight is 325 g/mol. The van der Waals surface area contributed by atoms with Gasteiger partial charge in [0.05, 0.1) is 18.8 Å². The Hall–Kier alpha value is -2.17. The highest BCUT2D eigenvalue weighted by atomic mass is 16.5. The van der Waals surface area contributed by atoms with Crippen LogP contribution < -0.4 is 4.74 Å². The zero-order valence-electron chi connectivity index (χ0n) is 14.2. The van der Waals surface area contributed by atoms with Crippen molar-refractivity contribution < 1.29 is 14.3 Å². The summed E-state index contributed by atoms with van der Waals surface area (Å²) in [4.78, 5) is 14.6. The molecule has 0 amide bonds. The van der Waals surface area contributed by atoms with E-state index in [2.05, 4.69) is 17.9 Å². The van der Waals surface area contributed by atoms with Gasteiger partial charge in [0.25, 0.3) is 0 Å². The van der Waals surface area contributed by atoms with E-state index in [4.69, 9.17) is 9.47 Å². The second kappa shape index (κ2) is 7.60. The molecule has 0 unspecified atom stereocenters. The number of aryl methyl sites for hydroxylation is 2. The van der Waals surface area contributed by atoms with Crippen LogP contribution in [0.5, 0.6) is 5.75 Å². The number of hydrogen-bond donors (Lipinski definition) is 0. The first-order valence-corrected chi connectivity index (χ1v) is 8.31. The van der Waals surface area contributed by atoms with Crippen LogP contribution in [0.4, 0.5) is 0 Å². The third-order valence-electron chi connectivity index (χ3n) is 4.34. The van der Waals surface area contributed by atoms with Crippen molar-refractivity contribution >= 4 is 5.97 Å². The maximum atomic E-state index is 12.2. The molecule has 0 atom stereocenters. The van der Waals surface area contributed by atoms with Gasteiger partial charge in [-0.3, -0.25) is 4.90 Å². The van der Waals surface area contributed by atoms with Crippen LogP contribution >= 0.6 is 0 Å². The molecule has 0 N–H and O–H groups in total. The molecule has 1 heterocycles. The Balaban J connectivity index is 1.73. The maximum absolute atomic E-state index is 12.2. The van der Waals surface area contributed by atoms with Crippen LogP contribution in [-0.2, 0) is 11.3 Å². The van der Waals surface area contributed by atoms with Gasteiger partial charge < -0.3 is 9.47 Å². The molecule has 1 aliphatic heterocycles. The number of carbonyl (C=O) groups excluding carboxylic acids is 1. The van der Waals surface area contributed by atoms with Gasteiger partial charge in [-0.05, 0) is 48.7 Å². The number of ether oxygens (including phenoxy) is 2. The first kappa shape index (κ1) is 16.7. The highest BCUT2D eigenvalue weighted by Crippen LogP contribution is 2.25. The summed E-state index contributed by atoms with van der Waals surface area (Å²) in [5.41, 5.74) is 3.96. The van der Waals surface area contributed by atoms with E-state index in [1.54, 1.807) is 12.1 Å². The van der Waals surface area contributed by atoms with E-state index >= 15 is 0 Å². The summed E-state index contributed by atoms with van der Waals surface area (Å²) in [6, 6.07) is 13.2. The van der Waals surface area contributed by atoms with E-state index in [1.807, 2.05) is 31.2 Å². The number of morpholine rings is 1. The third kappa shape index (κ3) is 4.02. The molecule has 3 rings (SSSR count). The first-order valence-electron chi connectivity index (χ1n) is 8.31. The molecule has 1 fully saturated rings. The van der Waals surface area contributed by atoms with Gasteiger partial charge in [0.1, 0.15) is 5.75 Å². The van der Waals surface area contributed by atoms with Crippen molar-refractivity contribution in [2.45, 2.75) is 20.4 Å². The summed E-state index contributed by atoms with van der Waals surface area (Å²) < 4.78 is 11.0. The molecule has 4 heteroatoms. The van der Waals surface area contributed by atoms with Gasteiger partial charge in [0, 0.05) is 19.6 Å². The zero-order valence-corrected chi connectivity index (χ0v) is 14.2. The van der Waals surface area contributed by atoms with Crippen molar-refractivity contribution in [3.05, 3.63) is 64.7 Å². The minimum Gasteiger partial charge on any atom is -0.423 e. The number of esters is 1. The zero-order chi connectivity index (χ0) is 16.9. The van der Waals surface area contributed by atoms with Gasteiger partial charge in [0.2, 0.25) is 0 Å². The summed E-state index contributed by atoms with van der Waals surface area (Å²) in [6.45, 7) is 8.47. The van der Waals surface area contributed by atoms with Crippen LogP contribution in [0.3, 0.4) is 0 Å². The Morgan fingerprint density at radius 2 is 1.79 bits per heavy atom. The van der Waals surface area contributed by atoms with Gasteiger partial charge in [-0.2, -0.15) is 0 Å². The summed E-state index contributed by atoms with van der Waals surface area (Å²) in [7, 11) is 0. The summed E-state index contributed by atoms with van der Waals surface area (Å²) in [5.74, 6) is 0.311. The van der Waals surface area contributed by atoms with Crippen LogP contribution in [0.2, 0.25) is 0 Å². The highest BCUT2D eigenvalue weighted by Gasteiger charge is 2.15. The molecular formula is C20H23NO3. The van der Waals surface area contributed by atoms with E-state index in [0.29, 0.717) is 11.3 Å². The van der Waals surface area contributed by atoms with Gasteiger partial charge in [0.15, 0.2) is 0 Å². The second-order valence-corrected chi connectivity index (χ2v) is 6.19. The lowest BCUT2D eigenvalue weighted by Crippen LogP contribution is -2.35. The van der Waals surface area contributed by atoms with E-state index in [9.17, 15) is 4.79 Å². The van der Waals surface area contributed by atoms with Gasteiger partial charge >= 0.3 is 5.97 Å². The molecule has 0 bridgehead atoms. The molecule has 1 aliphatic rings. The van der Waals surface area contributed by atoms with Gasteiger partial charge in [-0.25, -0.2) is 4.79 Å². The molecule has 0 aromatic heterocycles. The molecule has 0 saturated carbocycles. The standard InChI is InChI=1S/C20H23NO3/c1-15-13-19(24-20(22)17-6-4-3-5-7-17)16(2)12-18(15)14-21-8-10-23-11-9-21/h3-7,12-13H,8-11,14H2,1-2H3.